The zero-order valence-electron chi connectivity index (χ0n) is 11.8. The molecule has 21 heavy (non-hydrogen) atoms. The summed E-state index contributed by atoms with van der Waals surface area (Å²) in [5.41, 5.74) is 0.993. The van der Waals surface area contributed by atoms with Crippen molar-refractivity contribution in [1.29, 1.82) is 0 Å². The molecule has 1 aliphatic carbocycles. The molecule has 3 rings (SSSR count). The number of rotatable bonds is 2. The van der Waals surface area contributed by atoms with Gasteiger partial charge in [0.1, 0.15) is 0 Å². The summed E-state index contributed by atoms with van der Waals surface area (Å²) < 4.78 is 1.73. The lowest BCUT2D eigenvalue weighted by atomic mass is 10.1. The Hall–Kier alpha value is -1.95. The highest BCUT2D eigenvalue weighted by Crippen LogP contribution is 2.18. The maximum atomic E-state index is 12.2. The van der Waals surface area contributed by atoms with Crippen LogP contribution >= 0.6 is 12.2 Å². The topological polar surface area (TPSA) is 66.9 Å². The fraction of sp³-hybridized carbons (Fsp3) is 0.400. The Bertz CT molecular complexity index is 816. The number of carbonyl (C=O) groups excluding carboxylic acids is 1. The quantitative estimate of drug-likeness (QED) is 0.836. The van der Waals surface area contributed by atoms with Crippen molar-refractivity contribution >= 4 is 29.0 Å². The van der Waals surface area contributed by atoms with Gasteiger partial charge in [0.15, 0.2) is 4.77 Å². The summed E-state index contributed by atoms with van der Waals surface area (Å²) in [6.45, 7) is 0. The van der Waals surface area contributed by atoms with Gasteiger partial charge in [0.2, 0.25) is 0 Å². The van der Waals surface area contributed by atoms with Crippen LogP contribution in [0.4, 0.5) is 0 Å². The van der Waals surface area contributed by atoms with E-state index in [4.69, 9.17) is 12.2 Å². The van der Waals surface area contributed by atoms with Gasteiger partial charge in [-0.05, 0) is 43.3 Å². The standard InChI is InChI=1S/C15H17N3O2S/c1-18-14(20)11-7-6-9(8-12(11)17-15(18)21)13(19)16-10-4-2-3-5-10/h6-8,10H,2-5H2,1H3,(H,16,19)(H,17,21). The van der Waals surface area contributed by atoms with Crippen LogP contribution in [-0.4, -0.2) is 21.5 Å². The normalized spacial score (nSPS) is 15.5. The van der Waals surface area contributed by atoms with Gasteiger partial charge in [-0.3, -0.25) is 14.2 Å². The maximum absolute atomic E-state index is 12.2. The van der Waals surface area contributed by atoms with Gasteiger partial charge in [-0.15, -0.1) is 0 Å². The number of hydrogen-bond donors (Lipinski definition) is 2. The van der Waals surface area contributed by atoms with E-state index in [1.165, 1.54) is 17.4 Å². The van der Waals surface area contributed by atoms with Crippen LogP contribution in [0, 0.1) is 4.77 Å². The molecule has 0 aliphatic heterocycles. The van der Waals surface area contributed by atoms with Crippen molar-refractivity contribution in [3.05, 3.63) is 38.9 Å². The second-order valence-corrected chi connectivity index (χ2v) is 5.90. The predicted molar refractivity (Wildman–Crippen MR) is 84.1 cm³/mol. The van der Waals surface area contributed by atoms with E-state index in [2.05, 4.69) is 10.3 Å². The Balaban J connectivity index is 1.97. The molecule has 1 fully saturated rings. The number of H-pyrrole nitrogens is 1. The number of carbonyl (C=O) groups is 1. The smallest absolute Gasteiger partial charge is 0.261 e. The third-order valence-electron chi connectivity index (χ3n) is 4.05. The summed E-state index contributed by atoms with van der Waals surface area (Å²) in [4.78, 5) is 27.3. The number of nitrogens with zero attached hydrogens (tertiary/aromatic N) is 1. The van der Waals surface area contributed by atoms with Crippen LogP contribution in [-0.2, 0) is 7.05 Å². The van der Waals surface area contributed by atoms with Crippen molar-refractivity contribution in [1.82, 2.24) is 14.9 Å². The first-order valence-corrected chi connectivity index (χ1v) is 7.51. The monoisotopic (exact) mass is 303 g/mol. The molecule has 0 atom stereocenters. The van der Waals surface area contributed by atoms with Crippen molar-refractivity contribution in [3.63, 3.8) is 0 Å². The minimum absolute atomic E-state index is 0.0937. The predicted octanol–water partition coefficient (Wildman–Crippen LogP) is 2.27. The highest BCUT2D eigenvalue weighted by molar-refractivity contribution is 7.71. The second kappa shape index (κ2) is 5.44. The minimum Gasteiger partial charge on any atom is -0.349 e. The highest BCUT2D eigenvalue weighted by atomic mass is 32.1. The summed E-state index contributed by atoms with van der Waals surface area (Å²) in [5, 5.41) is 3.57. The van der Waals surface area contributed by atoms with E-state index in [1.54, 1.807) is 25.2 Å². The zero-order valence-corrected chi connectivity index (χ0v) is 12.6. The molecule has 1 heterocycles. The largest absolute Gasteiger partial charge is 0.349 e. The SMILES string of the molecule is Cn1c(=S)[nH]c2cc(C(=O)NC3CCCC3)ccc2c1=O. The minimum atomic E-state index is -0.156. The third-order valence-corrected chi connectivity index (χ3v) is 4.43. The molecular formula is C15H17N3O2S. The molecule has 0 bridgehead atoms. The summed E-state index contributed by atoms with van der Waals surface area (Å²) in [6.07, 6.45) is 4.43. The lowest BCUT2D eigenvalue weighted by Crippen LogP contribution is -2.32. The van der Waals surface area contributed by atoms with E-state index < -0.39 is 0 Å². The molecule has 0 unspecified atom stereocenters. The molecule has 1 saturated carbocycles. The molecule has 2 N–H and O–H groups in total. The van der Waals surface area contributed by atoms with Crippen LogP contribution in [0.2, 0.25) is 0 Å². The van der Waals surface area contributed by atoms with E-state index in [-0.39, 0.29) is 17.5 Å². The molecule has 0 radical (unpaired) electrons. The fourth-order valence-corrected chi connectivity index (χ4v) is 2.98. The molecule has 2 aromatic rings. The molecule has 1 aromatic heterocycles. The van der Waals surface area contributed by atoms with Crippen LogP contribution in [0.1, 0.15) is 36.0 Å². The van der Waals surface area contributed by atoms with Gasteiger partial charge in [0, 0.05) is 18.7 Å². The van der Waals surface area contributed by atoms with Crippen molar-refractivity contribution in [2.24, 2.45) is 7.05 Å². The second-order valence-electron chi connectivity index (χ2n) is 5.51. The summed E-state index contributed by atoms with van der Waals surface area (Å²) >= 11 is 5.10. The molecule has 0 spiro atoms. The Kier molecular flexibility index (Phi) is 3.63. The van der Waals surface area contributed by atoms with E-state index in [1.807, 2.05) is 0 Å². The highest BCUT2D eigenvalue weighted by Gasteiger charge is 2.18. The van der Waals surface area contributed by atoms with E-state index in [0.717, 1.165) is 12.8 Å². The molecule has 1 amide bonds. The Morgan fingerprint density at radius 3 is 2.81 bits per heavy atom. The molecule has 110 valence electrons. The molecular weight excluding hydrogens is 286 g/mol. The first-order chi connectivity index (χ1) is 10.1. The number of fused-ring (bicyclic) bond motifs is 1. The average molecular weight is 303 g/mol. The van der Waals surface area contributed by atoms with Gasteiger partial charge in [-0.1, -0.05) is 12.8 Å². The number of nitrogens with one attached hydrogen (secondary N) is 2. The third kappa shape index (κ3) is 2.63. The summed E-state index contributed by atoms with van der Waals surface area (Å²) in [7, 11) is 1.63. The maximum Gasteiger partial charge on any atom is 0.261 e. The van der Waals surface area contributed by atoms with Gasteiger partial charge in [-0.2, -0.15) is 0 Å². The number of aromatic nitrogens is 2. The van der Waals surface area contributed by atoms with Gasteiger partial charge in [-0.25, -0.2) is 0 Å². The van der Waals surface area contributed by atoms with Crippen molar-refractivity contribution < 1.29 is 4.79 Å². The molecule has 1 aliphatic rings. The van der Waals surface area contributed by atoms with E-state index in [9.17, 15) is 9.59 Å². The van der Waals surface area contributed by atoms with Crippen molar-refractivity contribution in [2.75, 3.05) is 0 Å². The zero-order chi connectivity index (χ0) is 15.0. The van der Waals surface area contributed by atoms with Gasteiger partial charge < -0.3 is 10.3 Å². The Morgan fingerprint density at radius 2 is 2.10 bits per heavy atom. The molecule has 0 saturated heterocycles. The van der Waals surface area contributed by atoms with Gasteiger partial charge in [0.25, 0.3) is 11.5 Å². The van der Waals surface area contributed by atoms with Crippen LogP contribution in [0.3, 0.4) is 0 Å². The lowest BCUT2D eigenvalue weighted by Gasteiger charge is -2.12. The van der Waals surface area contributed by atoms with Crippen LogP contribution in [0.25, 0.3) is 10.9 Å². The van der Waals surface area contributed by atoms with E-state index in [0.29, 0.717) is 21.2 Å². The molecule has 1 aromatic carbocycles. The number of benzene rings is 1. The summed E-state index contributed by atoms with van der Waals surface area (Å²) in [6, 6.07) is 5.32. The number of aromatic amines is 1. The van der Waals surface area contributed by atoms with Crippen LogP contribution in [0.15, 0.2) is 23.0 Å². The Labute approximate surface area is 127 Å². The number of amides is 1. The lowest BCUT2D eigenvalue weighted by molar-refractivity contribution is 0.0938. The van der Waals surface area contributed by atoms with Crippen LogP contribution < -0.4 is 10.9 Å². The van der Waals surface area contributed by atoms with Crippen molar-refractivity contribution in [3.8, 4) is 0 Å². The van der Waals surface area contributed by atoms with Gasteiger partial charge in [0.05, 0.1) is 10.9 Å². The number of hydrogen-bond acceptors (Lipinski definition) is 3. The van der Waals surface area contributed by atoms with Gasteiger partial charge >= 0.3 is 0 Å². The van der Waals surface area contributed by atoms with Crippen LogP contribution in [0.5, 0.6) is 0 Å². The first-order valence-electron chi connectivity index (χ1n) is 7.10. The average Bonchev–Trinajstić information content (AvgIpc) is 2.97. The molecule has 5 nitrogen and oxygen atoms in total. The summed E-state index contributed by atoms with van der Waals surface area (Å²) in [5.74, 6) is -0.0937. The van der Waals surface area contributed by atoms with Crippen molar-refractivity contribution in [2.45, 2.75) is 31.7 Å². The first kappa shape index (κ1) is 14.0. The molecule has 6 heteroatoms. The van der Waals surface area contributed by atoms with E-state index >= 15 is 0 Å². The fourth-order valence-electron chi connectivity index (χ4n) is 2.79. The Morgan fingerprint density at radius 1 is 1.38 bits per heavy atom.